The average Bonchev–Trinajstić information content (AvgIpc) is 2.20. The van der Waals surface area contributed by atoms with E-state index in [-0.39, 0.29) is 0 Å². The number of aryl methyl sites for hydroxylation is 3. The van der Waals surface area contributed by atoms with E-state index in [2.05, 4.69) is 62.8 Å². The Morgan fingerprint density at radius 1 is 0.933 bits per heavy atom. The minimum Gasteiger partial charge on any atom is -0.252 e. The maximum Gasteiger partial charge on any atom is 0.0749 e. The molecule has 3 heteroatoms. The van der Waals surface area contributed by atoms with Crippen LogP contribution in [0.25, 0.3) is 10.9 Å². The first-order valence-electron chi connectivity index (χ1n) is 4.74. The molecule has 1 aromatic heterocycles. The fourth-order valence-corrected chi connectivity index (χ4v) is 2.78. The van der Waals surface area contributed by atoms with E-state index in [1.54, 1.807) is 0 Å². The Labute approximate surface area is 106 Å². The van der Waals surface area contributed by atoms with E-state index >= 15 is 0 Å². The molecule has 0 bridgehead atoms. The molecule has 0 saturated carbocycles. The summed E-state index contributed by atoms with van der Waals surface area (Å²) < 4.78 is 2.15. The van der Waals surface area contributed by atoms with Gasteiger partial charge in [-0.15, -0.1) is 0 Å². The van der Waals surface area contributed by atoms with Gasteiger partial charge in [-0.1, -0.05) is 12.1 Å². The number of benzene rings is 1. The van der Waals surface area contributed by atoms with Gasteiger partial charge >= 0.3 is 0 Å². The molecule has 0 aliphatic heterocycles. The third kappa shape index (κ3) is 1.72. The monoisotopic (exact) mass is 327 g/mol. The van der Waals surface area contributed by atoms with Crippen molar-refractivity contribution in [1.82, 2.24) is 4.98 Å². The highest BCUT2D eigenvalue weighted by Crippen LogP contribution is 2.35. The highest BCUT2D eigenvalue weighted by Gasteiger charge is 2.11. The van der Waals surface area contributed by atoms with Crippen LogP contribution in [0, 0.1) is 20.8 Å². The molecule has 0 aliphatic carbocycles. The van der Waals surface area contributed by atoms with E-state index in [1.165, 1.54) is 16.5 Å². The molecule has 1 heterocycles. The molecule has 15 heavy (non-hydrogen) atoms. The zero-order chi connectivity index (χ0) is 11.2. The van der Waals surface area contributed by atoms with Gasteiger partial charge in [0, 0.05) is 9.86 Å². The van der Waals surface area contributed by atoms with Crippen LogP contribution >= 0.6 is 31.9 Å². The molecule has 1 aromatic carbocycles. The van der Waals surface area contributed by atoms with Crippen LogP contribution < -0.4 is 0 Å². The predicted octanol–water partition coefficient (Wildman–Crippen LogP) is 4.69. The number of rotatable bonds is 0. The van der Waals surface area contributed by atoms with E-state index in [0.717, 1.165) is 20.2 Å². The van der Waals surface area contributed by atoms with Crippen molar-refractivity contribution in [1.29, 1.82) is 0 Å². The third-order valence-electron chi connectivity index (χ3n) is 2.60. The van der Waals surface area contributed by atoms with Crippen molar-refractivity contribution in [3.05, 3.63) is 37.9 Å². The summed E-state index contributed by atoms with van der Waals surface area (Å²) in [5.41, 5.74) is 4.56. The van der Waals surface area contributed by atoms with Gasteiger partial charge in [0.05, 0.1) is 15.7 Å². The Morgan fingerprint density at radius 2 is 1.53 bits per heavy atom. The number of hydrogen-bond donors (Lipinski definition) is 0. The summed E-state index contributed by atoms with van der Waals surface area (Å²) in [5.74, 6) is 0. The smallest absolute Gasteiger partial charge is 0.0749 e. The normalized spacial score (nSPS) is 11.0. The molecule has 0 spiro atoms. The molecule has 2 rings (SSSR count). The summed E-state index contributed by atoms with van der Waals surface area (Å²) in [6.07, 6.45) is 0. The van der Waals surface area contributed by atoms with Gasteiger partial charge in [-0.3, -0.25) is 4.98 Å². The van der Waals surface area contributed by atoms with Crippen LogP contribution in [0.4, 0.5) is 0 Å². The van der Waals surface area contributed by atoms with Crippen LogP contribution in [0.3, 0.4) is 0 Å². The van der Waals surface area contributed by atoms with Crippen LogP contribution in [0.15, 0.2) is 21.1 Å². The van der Waals surface area contributed by atoms with Crippen LogP contribution in [0.5, 0.6) is 0 Å². The van der Waals surface area contributed by atoms with Crippen LogP contribution in [0.1, 0.15) is 16.8 Å². The lowest BCUT2D eigenvalue weighted by Gasteiger charge is -2.10. The molecule has 0 aliphatic rings. The van der Waals surface area contributed by atoms with Gasteiger partial charge in [0.1, 0.15) is 0 Å². The summed E-state index contributed by atoms with van der Waals surface area (Å²) in [7, 11) is 0. The van der Waals surface area contributed by atoms with Crippen molar-refractivity contribution >= 4 is 42.8 Å². The summed E-state index contributed by atoms with van der Waals surface area (Å²) in [4.78, 5) is 4.62. The number of halogens is 2. The topological polar surface area (TPSA) is 12.9 Å². The maximum atomic E-state index is 4.62. The molecule has 0 N–H and O–H groups in total. The molecule has 0 saturated heterocycles. The van der Waals surface area contributed by atoms with Gasteiger partial charge in [-0.25, -0.2) is 0 Å². The van der Waals surface area contributed by atoms with E-state index in [1.807, 2.05) is 6.92 Å². The van der Waals surface area contributed by atoms with Gasteiger partial charge in [0.2, 0.25) is 0 Å². The van der Waals surface area contributed by atoms with E-state index in [9.17, 15) is 0 Å². The number of fused-ring (bicyclic) bond motifs is 1. The molecule has 0 unspecified atom stereocenters. The summed E-state index contributed by atoms with van der Waals surface area (Å²) >= 11 is 7.18. The van der Waals surface area contributed by atoms with Crippen molar-refractivity contribution in [3.63, 3.8) is 0 Å². The number of aromatic nitrogens is 1. The molecule has 2 aromatic rings. The van der Waals surface area contributed by atoms with Crippen LogP contribution in [-0.4, -0.2) is 4.98 Å². The first-order valence-corrected chi connectivity index (χ1v) is 6.32. The lowest BCUT2D eigenvalue weighted by Crippen LogP contribution is -1.92. The maximum absolute atomic E-state index is 4.62. The predicted molar refractivity (Wildman–Crippen MR) is 71.4 cm³/mol. The SMILES string of the molecule is Cc1nc2c(C)ccc(C)c2c(Br)c1Br. The van der Waals surface area contributed by atoms with Crippen molar-refractivity contribution in [2.45, 2.75) is 20.8 Å². The van der Waals surface area contributed by atoms with Crippen molar-refractivity contribution in [3.8, 4) is 0 Å². The average molecular weight is 329 g/mol. The Kier molecular flexibility index (Phi) is 2.86. The van der Waals surface area contributed by atoms with Gasteiger partial charge < -0.3 is 0 Å². The second kappa shape index (κ2) is 3.87. The highest BCUT2D eigenvalue weighted by molar-refractivity contribution is 9.13. The van der Waals surface area contributed by atoms with Crippen LogP contribution in [-0.2, 0) is 0 Å². The lowest BCUT2D eigenvalue weighted by molar-refractivity contribution is 1.21. The third-order valence-corrected chi connectivity index (χ3v) is 4.89. The molecule has 78 valence electrons. The van der Waals surface area contributed by atoms with Gasteiger partial charge in [-0.05, 0) is 63.8 Å². The number of nitrogens with zero attached hydrogens (tertiary/aromatic N) is 1. The minimum atomic E-state index is 1.02. The van der Waals surface area contributed by atoms with E-state index < -0.39 is 0 Å². The number of pyridine rings is 1. The minimum absolute atomic E-state index is 1.02. The Balaban J connectivity index is 3.04. The molecule has 0 amide bonds. The molecule has 1 nitrogen and oxygen atoms in total. The summed E-state index contributed by atoms with van der Waals surface area (Å²) in [6.45, 7) is 6.21. The largest absolute Gasteiger partial charge is 0.252 e. The fourth-order valence-electron chi connectivity index (χ4n) is 1.70. The van der Waals surface area contributed by atoms with Gasteiger partial charge in [0.15, 0.2) is 0 Å². The Morgan fingerprint density at radius 3 is 2.20 bits per heavy atom. The zero-order valence-electron chi connectivity index (χ0n) is 8.86. The zero-order valence-corrected chi connectivity index (χ0v) is 12.0. The Bertz CT molecular complexity index is 547. The molecule has 0 fully saturated rings. The van der Waals surface area contributed by atoms with E-state index in [0.29, 0.717) is 0 Å². The second-order valence-electron chi connectivity index (χ2n) is 3.75. The van der Waals surface area contributed by atoms with Gasteiger partial charge in [0.25, 0.3) is 0 Å². The van der Waals surface area contributed by atoms with Crippen molar-refractivity contribution in [2.24, 2.45) is 0 Å². The van der Waals surface area contributed by atoms with Crippen LogP contribution in [0.2, 0.25) is 0 Å². The Hall–Kier alpha value is -0.410. The summed E-state index contributed by atoms with van der Waals surface area (Å²) in [6, 6.07) is 4.25. The lowest BCUT2D eigenvalue weighted by atomic mass is 10.1. The molecular formula is C12H11Br2N. The second-order valence-corrected chi connectivity index (χ2v) is 5.33. The molecule has 0 radical (unpaired) electrons. The van der Waals surface area contributed by atoms with Crippen molar-refractivity contribution < 1.29 is 0 Å². The van der Waals surface area contributed by atoms with E-state index in [4.69, 9.17) is 0 Å². The molecular weight excluding hydrogens is 318 g/mol. The highest BCUT2D eigenvalue weighted by atomic mass is 79.9. The number of hydrogen-bond acceptors (Lipinski definition) is 1. The van der Waals surface area contributed by atoms with Gasteiger partial charge in [-0.2, -0.15) is 0 Å². The standard InChI is InChI=1S/C12H11Br2N/c1-6-4-5-7(2)12-9(6)11(14)10(13)8(3)15-12/h4-5H,1-3H3. The first-order chi connectivity index (χ1) is 7.02. The first kappa shape index (κ1) is 11.1. The quantitative estimate of drug-likeness (QED) is 0.684. The van der Waals surface area contributed by atoms with Crippen molar-refractivity contribution in [2.75, 3.05) is 0 Å². The molecule has 0 atom stereocenters. The summed E-state index contributed by atoms with van der Waals surface area (Å²) in [5, 5.41) is 1.20. The fraction of sp³-hybridized carbons (Fsp3) is 0.250.